The van der Waals surface area contributed by atoms with Crippen LogP contribution in [0.3, 0.4) is 0 Å². The summed E-state index contributed by atoms with van der Waals surface area (Å²) in [6.07, 6.45) is 1.33. The van der Waals surface area contributed by atoms with Gasteiger partial charge in [-0.2, -0.15) is 0 Å². The van der Waals surface area contributed by atoms with Crippen LogP contribution < -0.4 is 5.73 Å². The molecule has 1 rings (SSSR count). The van der Waals surface area contributed by atoms with Gasteiger partial charge in [0.25, 0.3) is 0 Å². The van der Waals surface area contributed by atoms with Gasteiger partial charge in [-0.3, -0.25) is 4.90 Å². The van der Waals surface area contributed by atoms with E-state index in [-0.39, 0.29) is 0 Å². The fourth-order valence-electron chi connectivity index (χ4n) is 2.73. The van der Waals surface area contributed by atoms with Crippen molar-refractivity contribution in [3.63, 3.8) is 0 Å². The summed E-state index contributed by atoms with van der Waals surface area (Å²) in [7, 11) is 4.27. The molecule has 3 nitrogen and oxygen atoms in total. The van der Waals surface area contributed by atoms with Crippen molar-refractivity contribution in [1.29, 1.82) is 0 Å². The molecule has 0 saturated carbocycles. The van der Waals surface area contributed by atoms with E-state index in [0.29, 0.717) is 6.04 Å². The second kappa shape index (κ2) is 5.83. The predicted molar refractivity (Wildman–Crippen MR) is 65.9 cm³/mol. The van der Waals surface area contributed by atoms with Crippen molar-refractivity contribution >= 4 is 0 Å². The van der Waals surface area contributed by atoms with Gasteiger partial charge in [-0.25, -0.2) is 0 Å². The Morgan fingerprint density at radius 3 is 2.53 bits per heavy atom. The maximum absolute atomic E-state index is 5.88. The first-order chi connectivity index (χ1) is 7.04. The Hall–Kier alpha value is -0.120. The van der Waals surface area contributed by atoms with Gasteiger partial charge < -0.3 is 10.6 Å². The second-order valence-electron chi connectivity index (χ2n) is 5.42. The number of nitrogens with two attached hydrogens (primary N) is 1. The van der Waals surface area contributed by atoms with Crippen molar-refractivity contribution in [2.24, 2.45) is 17.6 Å². The summed E-state index contributed by atoms with van der Waals surface area (Å²) in [4.78, 5) is 4.83. The van der Waals surface area contributed by atoms with Crippen molar-refractivity contribution in [3.05, 3.63) is 0 Å². The largest absolute Gasteiger partial charge is 0.329 e. The quantitative estimate of drug-likeness (QED) is 0.751. The van der Waals surface area contributed by atoms with Gasteiger partial charge in [-0.05, 0) is 32.4 Å². The number of hydrogen-bond acceptors (Lipinski definition) is 3. The normalized spacial score (nSPS) is 33.6. The zero-order chi connectivity index (χ0) is 11.4. The van der Waals surface area contributed by atoms with Crippen LogP contribution in [-0.4, -0.2) is 56.1 Å². The second-order valence-corrected chi connectivity index (χ2v) is 5.42. The molecule has 0 radical (unpaired) electrons. The highest BCUT2D eigenvalue weighted by Crippen LogP contribution is 2.26. The van der Waals surface area contributed by atoms with Crippen LogP contribution in [0.5, 0.6) is 0 Å². The zero-order valence-electron chi connectivity index (χ0n) is 10.7. The molecule has 3 heteroatoms. The predicted octanol–water partition coefficient (Wildman–Crippen LogP) is 0.853. The molecular formula is C12H27N3. The third-order valence-corrected chi connectivity index (χ3v) is 3.52. The summed E-state index contributed by atoms with van der Waals surface area (Å²) in [6, 6.07) is 0.598. The molecule has 0 aromatic carbocycles. The van der Waals surface area contributed by atoms with E-state index < -0.39 is 0 Å². The van der Waals surface area contributed by atoms with Crippen molar-refractivity contribution in [2.75, 3.05) is 40.3 Å². The molecule has 0 aromatic heterocycles. The Morgan fingerprint density at radius 2 is 2.00 bits per heavy atom. The number of hydrogen-bond donors (Lipinski definition) is 1. The highest BCUT2D eigenvalue weighted by molar-refractivity contribution is 4.85. The smallest absolute Gasteiger partial charge is 0.0244 e. The van der Waals surface area contributed by atoms with E-state index >= 15 is 0 Å². The Kier molecular flexibility index (Phi) is 5.03. The van der Waals surface area contributed by atoms with Crippen LogP contribution in [0.1, 0.15) is 20.3 Å². The standard InChI is InChI=1S/C12H27N3/c1-10-7-11(2)12(8-13)15(9-10)6-5-14(3)4/h10-12H,5-9,13H2,1-4H3. The van der Waals surface area contributed by atoms with E-state index in [1.165, 1.54) is 13.0 Å². The van der Waals surface area contributed by atoms with Crippen LogP contribution in [0, 0.1) is 11.8 Å². The van der Waals surface area contributed by atoms with Crippen LogP contribution in [-0.2, 0) is 0 Å². The molecule has 1 aliphatic heterocycles. The van der Waals surface area contributed by atoms with Crippen LogP contribution >= 0.6 is 0 Å². The summed E-state index contributed by atoms with van der Waals surface area (Å²) in [5.41, 5.74) is 5.88. The zero-order valence-corrected chi connectivity index (χ0v) is 10.7. The van der Waals surface area contributed by atoms with Gasteiger partial charge in [0, 0.05) is 32.2 Å². The lowest BCUT2D eigenvalue weighted by molar-refractivity contribution is 0.0678. The average molecular weight is 213 g/mol. The summed E-state index contributed by atoms with van der Waals surface area (Å²) >= 11 is 0. The van der Waals surface area contributed by atoms with Gasteiger partial charge in [0.2, 0.25) is 0 Å². The van der Waals surface area contributed by atoms with Gasteiger partial charge in [0.1, 0.15) is 0 Å². The monoisotopic (exact) mass is 213 g/mol. The fourth-order valence-corrected chi connectivity index (χ4v) is 2.73. The van der Waals surface area contributed by atoms with Gasteiger partial charge in [-0.15, -0.1) is 0 Å². The summed E-state index contributed by atoms with van der Waals surface area (Å²) < 4.78 is 0. The van der Waals surface area contributed by atoms with Crippen molar-refractivity contribution in [3.8, 4) is 0 Å². The minimum Gasteiger partial charge on any atom is -0.329 e. The molecule has 0 aliphatic carbocycles. The molecule has 0 aromatic rings. The Labute approximate surface area is 94.6 Å². The minimum absolute atomic E-state index is 0.598. The van der Waals surface area contributed by atoms with E-state index in [9.17, 15) is 0 Å². The van der Waals surface area contributed by atoms with Crippen molar-refractivity contribution in [2.45, 2.75) is 26.3 Å². The maximum Gasteiger partial charge on any atom is 0.0244 e. The third kappa shape index (κ3) is 3.74. The molecule has 90 valence electrons. The lowest BCUT2D eigenvalue weighted by Gasteiger charge is -2.42. The average Bonchev–Trinajstić information content (AvgIpc) is 2.13. The SMILES string of the molecule is CC1CC(C)C(CN)N(CCN(C)C)C1. The Morgan fingerprint density at radius 1 is 1.33 bits per heavy atom. The van der Waals surface area contributed by atoms with Crippen LogP contribution in [0.15, 0.2) is 0 Å². The van der Waals surface area contributed by atoms with Crippen molar-refractivity contribution in [1.82, 2.24) is 9.80 Å². The highest BCUT2D eigenvalue weighted by atomic mass is 15.2. The molecule has 0 amide bonds. The topological polar surface area (TPSA) is 32.5 Å². The summed E-state index contributed by atoms with van der Waals surface area (Å²) in [6.45, 7) is 9.02. The molecule has 1 fully saturated rings. The van der Waals surface area contributed by atoms with Crippen LogP contribution in [0.25, 0.3) is 0 Å². The molecule has 0 spiro atoms. The van der Waals surface area contributed by atoms with Gasteiger partial charge in [0.05, 0.1) is 0 Å². The van der Waals surface area contributed by atoms with E-state index in [4.69, 9.17) is 5.73 Å². The summed E-state index contributed by atoms with van der Waals surface area (Å²) in [5.74, 6) is 1.57. The lowest BCUT2D eigenvalue weighted by atomic mass is 9.85. The van der Waals surface area contributed by atoms with E-state index in [1.807, 2.05) is 0 Å². The van der Waals surface area contributed by atoms with E-state index in [1.54, 1.807) is 0 Å². The van der Waals surface area contributed by atoms with E-state index in [2.05, 4.69) is 37.7 Å². The molecule has 3 atom stereocenters. The van der Waals surface area contributed by atoms with Crippen LogP contribution in [0.4, 0.5) is 0 Å². The van der Waals surface area contributed by atoms with Crippen molar-refractivity contribution < 1.29 is 0 Å². The molecule has 2 N–H and O–H groups in total. The van der Waals surface area contributed by atoms with E-state index in [0.717, 1.165) is 31.5 Å². The molecule has 0 bridgehead atoms. The summed E-state index contributed by atoms with van der Waals surface area (Å²) in [5, 5.41) is 0. The third-order valence-electron chi connectivity index (χ3n) is 3.52. The highest BCUT2D eigenvalue weighted by Gasteiger charge is 2.30. The van der Waals surface area contributed by atoms with Gasteiger partial charge in [-0.1, -0.05) is 13.8 Å². The Bertz CT molecular complexity index is 182. The number of likely N-dealkylation sites (tertiary alicyclic amines) is 1. The van der Waals surface area contributed by atoms with Gasteiger partial charge >= 0.3 is 0 Å². The number of rotatable bonds is 4. The first-order valence-electron chi connectivity index (χ1n) is 6.13. The molecule has 15 heavy (non-hydrogen) atoms. The molecule has 3 unspecified atom stereocenters. The fraction of sp³-hybridized carbons (Fsp3) is 1.00. The molecule has 1 aliphatic rings. The van der Waals surface area contributed by atoms with Crippen LogP contribution in [0.2, 0.25) is 0 Å². The first kappa shape index (κ1) is 12.9. The number of piperidine rings is 1. The molecule has 1 heterocycles. The van der Waals surface area contributed by atoms with Gasteiger partial charge in [0.15, 0.2) is 0 Å². The molecule has 1 saturated heterocycles. The maximum atomic E-state index is 5.88. The number of nitrogens with zero attached hydrogens (tertiary/aromatic N) is 2. The Balaban J connectivity index is 2.49. The molecular weight excluding hydrogens is 186 g/mol. The number of likely N-dealkylation sites (N-methyl/N-ethyl adjacent to an activating group) is 1. The first-order valence-corrected chi connectivity index (χ1v) is 6.13. The minimum atomic E-state index is 0.598. The lowest BCUT2D eigenvalue weighted by Crippen LogP contribution is -2.52.